The Morgan fingerprint density at radius 3 is 2.62 bits per heavy atom. The van der Waals surface area contributed by atoms with Crippen LogP contribution in [0.15, 0.2) is 42.6 Å². The van der Waals surface area contributed by atoms with Crippen molar-refractivity contribution in [3.63, 3.8) is 0 Å². The van der Waals surface area contributed by atoms with Gasteiger partial charge in [0, 0.05) is 31.1 Å². The van der Waals surface area contributed by atoms with Gasteiger partial charge < -0.3 is 5.32 Å². The van der Waals surface area contributed by atoms with Crippen LogP contribution in [0.1, 0.15) is 17.3 Å². The van der Waals surface area contributed by atoms with Crippen molar-refractivity contribution in [3.8, 4) is 0 Å². The topological polar surface area (TPSA) is 42.7 Å². The second-order valence-corrected chi connectivity index (χ2v) is 5.11. The molecule has 2 aromatic carbocycles. The average Bonchev–Trinajstić information content (AvgIpc) is 2.91. The number of nitrogens with one attached hydrogen (secondary N) is 1. The van der Waals surface area contributed by atoms with E-state index in [1.807, 2.05) is 50.6 Å². The number of likely N-dealkylation sites (N-methyl/N-ethyl adjacent to an activating group) is 1. The van der Waals surface area contributed by atoms with Crippen LogP contribution in [0.25, 0.3) is 10.8 Å². The van der Waals surface area contributed by atoms with E-state index in [4.69, 9.17) is 0 Å². The number of aryl methyl sites for hydroxylation is 1. The van der Waals surface area contributed by atoms with Crippen LogP contribution in [0.5, 0.6) is 0 Å². The summed E-state index contributed by atoms with van der Waals surface area (Å²) in [6.45, 7) is 0. The predicted octanol–water partition coefficient (Wildman–Crippen LogP) is 2.61. The number of aromatic nitrogens is 3. The third-order valence-corrected chi connectivity index (χ3v) is 3.69. The maximum absolute atomic E-state index is 13.9. The number of benzene rings is 2. The molecule has 0 aliphatic carbocycles. The second kappa shape index (κ2) is 5.61. The Morgan fingerprint density at radius 1 is 1.19 bits per heavy atom. The molecule has 1 heterocycles. The highest BCUT2D eigenvalue weighted by Gasteiger charge is 2.16. The molecule has 21 heavy (non-hydrogen) atoms. The summed E-state index contributed by atoms with van der Waals surface area (Å²) in [6.07, 6.45) is 2.61. The lowest BCUT2D eigenvalue weighted by molar-refractivity contribution is 0.585. The van der Waals surface area contributed by atoms with Crippen LogP contribution in [0.4, 0.5) is 4.39 Å². The second-order valence-electron chi connectivity index (χ2n) is 5.11. The molecule has 0 saturated carbocycles. The van der Waals surface area contributed by atoms with Crippen LogP contribution in [0, 0.1) is 5.82 Å². The molecule has 108 valence electrons. The molecule has 1 N–H and O–H groups in total. The minimum atomic E-state index is -0.191. The molecule has 0 amide bonds. The molecular formula is C16H17FN4. The summed E-state index contributed by atoms with van der Waals surface area (Å²) in [5.74, 6) is -0.191. The Morgan fingerprint density at radius 2 is 1.95 bits per heavy atom. The lowest BCUT2D eigenvalue weighted by Crippen LogP contribution is -2.19. The summed E-state index contributed by atoms with van der Waals surface area (Å²) >= 11 is 0. The van der Waals surface area contributed by atoms with Gasteiger partial charge in [-0.25, -0.2) is 4.39 Å². The van der Waals surface area contributed by atoms with Crippen molar-refractivity contribution in [2.75, 3.05) is 7.05 Å². The molecular weight excluding hydrogens is 267 g/mol. The van der Waals surface area contributed by atoms with Crippen molar-refractivity contribution in [1.29, 1.82) is 0 Å². The molecule has 4 nitrogen and oxygen atoms in total. The van der Waals surface area contributed by atoms with Gasteiger partial charge in [-0.3, -0.25) is 4.68 Å². The zero-order valence-electron chi connectivity index (χ0n) is 12.0. The quantitative estimate of drug-likeness (QED) is 0.801. The lowest BCUT2D eigenvalue weighted by atomic mass is 9.95. The van der Waals surface area contributed by atoms with E-state index in [0.717, 1.165) is 16.6 Å². The number of hydrogen-bond donors (Lipinski definition) is 1. The van der Waals surface area contributed by atoms with E-state index in [0.29, 0.717) is 11.8 Å². The Kier molecular flexibility index (Phi) is 3.66. The normalized spacial score (nSPS) is 12.7. The molecule has 0 radical (unpaired) electrons. The van der Waals surface area contributed by atoms with Gasteiger partial charge in [-0.15, -0.1) is 5.10 Å². The van der Waals surface area contributed by atoms with Crippen molar-refractivity contribution < 1.29 is 4.39 Å². The van der Waals surface area contributed by atoms with Crippen molar-refractivity contribution in [1.82, 2.24) is 20.3 Å². The van der Waals surface area contributed by atoms with Gasteiger partial charge in [-0.2, -0.15) is 0 Å². The summed E-state index contributed by atoms with van der Waals surface area (Å²) in [5, 5.41) is 12.9. The van der Waals surface area contributed by atoms with E-state index in [1.54, 1.807) is 4.68 Å². The maximum atomic E-state index is 13.9. The van der Waals surface area contributed by atoms with Crippen LogP contribution in [-0.4, -0.2) is 22.0 Å². The van der Waals surface area contributed by atoms with Crippen molar-refractivity contribution in [2.45, 2.75) is 12.5 Å². The molecule has 1 atom stereocenters. The third-order valence-electron chi connectivity index (χ3n) is 3.69. The maximum Gasteiger partial charge on any atom is 0.131 e. The third kappa shape index (κ3) is 2.64. The molecule has 0 fully saturated rings. The van der Waals surface area contributed by atoms with Crippen molar-refractivity contribution in [3.05, 3.63) is 59.7 Å². The van der Waals surface area contributed by atoms with E-state index >= 15 is 0 Å². The smallest absolute Gasteiger partial charge is 0.131 e. The number of fused-ring (bicyclic) bond motifs is 1. The monoisotopic (exact) mass is 284 g/mol. The fourth-order valence-electron chi connectivity index (χ4n) is 2.65. The van der Waals surface area contributed by atoms with Crippen LogP contribution >= 0.6 is 0 Å². The highest BCUT2D eigenvalue weighted by atomic mass is 19.1. The molecule has 0 spiro atoms. The van der Waals surface area contributed by atoms with Crippen molar-refractivity contribution in [2.24, 2.45) is 7.05 Å². The largest absolute Gasteiger partial charge is 0.313 e. The van der Waals surface area contributed by atoms with Gasteiger partial charge >= 0.3 is 0 Å². The molecule has 3 aromatic rings. The van der Waals surface area contributed by atoms with Gasteiger partial charge in [0.25, 0.3) is 0 Å². The van der Waals surface area contributed by atoms with Crippen molar-refractivity contribution >= 4 is 10.8 Å². The summed E-state index contributed by atoms with van der Waals surface area (Å²) in [7, 11) is 3.75. The lowest BCUT2D eigenvalue weighted by Gasteiger charge is -2.18. The van der Waals surface area contributed by atoms with Gasteiger partial charge in [0.2, 0.25) is 0 Å². The first-order valence-corrected chi connectivity index (χ1v) is 6.88. The molecule has 0 aliphatic heterocycles. The summed E-state index contributed by atoms with van der Waals surface area (Å²) in [5.41, 5.74) is 1.98. The number of nitrogens with zero attached hydrogens (tertiary/aromatic N) is 3. The Bertz CT molecular complexity index is 766. The Hall–Kier alpha value is -2.27. The first kappa shape index (κ1) is 13.7. The fraction of sp³-hybridized carbons (Fsp3) is 0.250. The average molecular weight is 284 g/mol. The van der Waals surface area contributed by atoms with E-state index < -0.39 is 0 Å². The zero-order chi connectivity index (χ0) is 14.8. The van der Waals surface area contributed by atoms with Crippen LogP contribution < -0.4 is 5.32 Å². The van der Waals surface area contributed by atoms with E-state index in [-0.39, 0.29) is 11.9 Å². The zero-order valence-corrected chi connectivity index (χ0v) is 12.0. The minimum Gasteiger partial charge on any atom is -0.313 e. The molecule has 0 bridgehead atoms. The number of rotatable bonds is 4. The predicted molar refractivity (Wildman–Crippen MR) is 80.4 cm³/mol. The molecule has 1 aromatic heterocycles. The number of hydrogen-bond acceptors (Lipinski definition) is 3. The Labute approximate surface area is 122 Å². The van der Waals surface area contributed by atoms with Gasteiger partial charge in [-0.1, -0.05) is 35.5 Å². The van der Waals surface area contributed by atoms with Gasteiger partial charge in [0.05, 0.1) is 5.69 Å². The van der Waals surface area contributed by atoms with E-state index in [1.165, 1.54) is 6.07 Å². The van der Waals surface area contributed by atoms with E-state index in [9.17, 15) is 4.39 Å². The van der Waals surface area contributed by atoms with Crippen LogP contribution in [0.2, 0.25) is 0 Å². The van der Waals surface area contributed by atoms with Crippen LogP contribution in [-0.2, 0) is 13.5 Å². The highest BCUT2D eigenvalue weighted by molar-refractivity contribution is 5.86. The molecule has 3 rings (SSSR count). The Balaban J connectivity index is 2.03. The first-order valence-electron chi connectivity index (χ1n) is 6.88. The number of halogens is 1. The summed E-state index contributed by atoms with van der Waals surface area (Å²) in [4.78, 5) is 0. The molecule has 1 unspecified atom stereocenters. The van der Waals surface area contributed by atoms with E-state index in [2.05, 4.69) is 15.6 Å². The molecule has 0 saturated heterocycles. The standard InChI is InChI=1S/C16H17FN4/c1-18-16(9-11-10-21(2)20-19-11)14-7-8-15(17)13-6-4-3-5-12(13)14/h3-8,10,16,18H,9H2,1-2H3. The van der Waals surface area contributed by atoms with Crippen LogP contribution in [0.3, 0.4) is 0 Å². The minimum absolute atomic E-state index is 0.0622. The SMILES string of the molecule is CNC(Cc1cn(C)nn1)c1ccc(F)c2ccccc12. The summed E-state index contributed by atoms with van der Waals surface area (Å²) in [6, 6.07) is 11.0. The molecule has 0 aliphatic rings. The highest BCUT2D eigenvalue weighted by Crippen LogP contribution is 2.28. The summed E-state index contributed by atoms with van der Waals surface area (Å²) < 4.78 is 15.6. The first-order chi connectivity index (χ1) is 10.2. The van der Waals surface area contributed by atoms with Gasteiger partial charge in [-0.05, 0) is 24.1 Å². The molecule has 5 heteroatoms. The fourth-order valence-corrected chi connectivity index (χ4v) is 2.65. The van der Waals surface area contributed by atoms with Gasteiger partial charge in [0.1, 0.15) is 5.82 Å². The van der Waals surface area contributed by atoms with Gasteiger partial charge in [0.15, 0.2) is 0 Å².